The van der Waals surface area contributed by atoms with Crippen molar-refractivity contribution in [3.63, 3.8) is 0 Å². The van der Waals surface area contributed by atoms with Crippen LogP contribution in [-0.2, 0) is 11.4 Å². The number of amides is 2. The Morgan fingerprint density at radius 2 is 2.03 bits per heavy atom. The van der Waals surface area contributed by atoms with Crippen LogP contribution in [0.3, 0.4) is 0 Å². The van der Waals surface area contributed by atoms with E-state index in [0.29, 0.717) is 16.4 Å². The average molecular weight is 491 g/mol. The Hall–Kier alpha value is -3.70. The molecule has 0 atom stereocenters. The normalized spacial score (nSPS) is 10.4. The number of methoxy groups -OCH3 is 1. The van der Waals surface area contributed by atoms with Crippen molar-refractivity contribution in [1.29, 1.82) is 0 Å². The maximum absolute atomic E-state index is 13.0. The first-order valence-electron chi connectivity index (χ1n) is 9.46. The molecule has 1 N–H and O–H groups in total. The molecule has 1 heterocycles. The number of nitrogens with zero attached hydrogens (tertiary/aromatic N) is 3. The van der Waals surface area contributed by atoms with Crippen molar-refractivity contribution >= 4 is 46.1 Å². The van der Waals surface area contributed by atoms with Crippen molar-refractivity contribution in [2.75, 3.05) is 26.0 Å². The Morgan fingerprint density at radius 3 is 2.67 bits per heavy atom. The number of ether oxygens (including phenoxy) is 2. The lowest BCUT2D eigenvalue weighted by molar-refractivity contribution is -0.385. The van der Waals surface area contributed by atoms with E-state index in [0.717, 1.165) is 11.0 Å². The van der Waals surface area contributed by atoms with Gasteiger partial charge in [0.1, 0.15) is 12.2 Å². The number of nitro benzene ring substituents is 1. The van der Waals surface area contributed by atoms with Gasteiger partial charge in [-0.3, -0.25) is 19.7 Å². The number of para-hydroxylation sites is 1. The fourth-order valence-corrected chi connectivity index (χ4v) is 3.58. The van der Waals surface area contributed by atoms with Crippen LogP contribution in [0.1, 0.15) is 16.1 Å². The number of likely N-dealkylation sites (N-methyl/N-ethyl adjacent to an activating group) is 1. The maximum atomic E-state index is 13.0. The molecule has 0 aliphatic rings. The number of anilines is 1. The zero-order chi connectivity index (χ0) is 24.0. The number of hydrogen-bond donors (Lipinski definition) is 1. The molecule has 2 aromatic carbocycles. The molecule has 0 unspecified atom stereocenters. The van der Waals surface area contributed by atoms with Gasteiger partial charge in [0.05, 0.1) is 46.6 Å². The molecule has 1 aromatic heterocycles. The highest BCUT2D eigenvalue weighted by Crippen LogP contribution is 2.35. The molecule has 0 aliphatic carbocycles. The van der Waals surface area contributed by atoms with E-state index in [9.17, 15) is 19.7 Å². The molecule has 33 heavy (non-hydrogen) atoms. The summed E-state index contributed by atoms with van der Waals surface area (Å²) in [7, 11) is 2.71. The van der Waals surface area contributed by atoms with Gasteiger partial charge in [0.25, 0.3) is 11.6 Å². The Labute approximate surface area is 197 Å². The van der Waals surface area contributed by atoms with Crippen molar-refractivity contribution in [3.8, 4) is 11.5 Å². The molecular formula is C21H19ClN4O6S. The first-order chi connectivity index (χ1) is 15.8. The third kappa shape index (κ3) is 5.96. The number of nitrogens with one attached hydrogen (secondary N) is 1. The summed E-state index contributed by atoms with van der Waals surface area (Å²) in [4.78, 5) is 41.4. The van der Waals surface area contributed by atoms with Crippen LogP contribution < -0.4 is 14.8 Å². The van der Waals surface area contributed by atoms with Crippen molar-refractivity contribution in [2.45, 2.75) is 6.61 Å². The van der Waals surface area contributed by atoms with Gasteiger partial charge in [-0.05, 0) is 12.1 Å². The number of carbonyl (C=O) groups is 2. The molecule has 0 spiro atoms. The van der Waals surface area contributed by atoms with E-state index in [4.69, 9.17) is 21.1 Å². The monoisotopic (exact) mass is 490 g/mol. The molecule has 0 fully saturated rings. The summed E-state index contributed by atoms with van der Waals surface area (Å²) in [5.41, 5.74) is 1.95. The lowest BCUT2D eigenvalue weighted by atomic mass is 10.1. The smallest absolute Gasteiger partial charge is 0.286 e. The van der Waals surface area contributed by atoms with Crippen LogP contribution in [0.2, 0.25) is 5.02 Å². The molecule has 12 heteroatoms. The SMILES string of the molecule is COc1cc(C(=O)N(C)CC(=O)Nc2ccccc2Cl)c([N+](=O)[O-])cc1OCc1cscn1. The van der Waals surface area contributed by atoms with Crippen LogP contribution in [0.15, 0.2) is 47.3 Å². The number of nitro groups is 1. The summed E-state index contributed by atoms with van der Waals surface area (Å²) in [6.07, 6.45) is 0. The van der Waals surface area contributed by atoms with Gasteiger partial charge in [-0.1, -0.05) is 23.7 Å². The number of halogens is 1. The van der Waals surface area contributed by atoms with Gasteiger partial charge in [0.15, 0.2) is 11.5 Å². The maximum Gasteiger partial charge on any atom is 0.286 e. The number of thiazole rings is 1. The minimum absolute atomic E-state index is 0.0758. The Balaban J connectivity index is 1.79. The standard InChI is InChI=1S/C21H19ClN4O6S/c1-25(9-20(27)24-16-6-4-3-5-15(16)22)21(28)14-7-18(31-2)19(8-17(14)26(29)30)32-10-13-11-33-12-23-13/h3-8,11-12H,9-10H2,1-2H3,(H,24,27). The van der Waals surface area contributed by atoms with E-state index in [1.54, 1.807) is 35.2 Å². The minimum atomic E-state index is -0.736. The molecule has 0 aliphatic heterocycles. The van der Waals surface area contributed by atoms with Crippen LogP contribution >= 0.6 is 22.9 Å². The average Bonchev–Trinajstić information content (AvgIpc) is 3.31. The Morgan fingerprint density at radius 1 is 1.27 bits per heavy atom. The van der Waals surface area contributed by atoms with Gasteiger partial charge in [-0.2, -0.15) is 0 Å². The van der Waals surface area contributed by atoms with Gasteiger partial charge < -0.3 is 19.7 Å². The largest absolute Gasteiger partial charge is 0.493 e. The molecule has 0 saturated heterocycles. The third-order valence-electron chi connectivity index (χ3n) is 4.44. The summed E-state index contributed by atoms with van der Waals surface area (Å²) in [6, 6.07) is 8.98. The molecule has 0 saturated carbocycles. The molecular weight excluding hydrogens is 472 g/mol. The first-order valence-corrected chi connectivity index (χ1v) is 10.8. The molecule has 3 rings (SSSR count). The second-order valence-corrected chi connectivity index (χ2v) is 7.86. The number of rotatable bonds is 9. The van der Waals surface area contributed by atoms with Gasteiger partial charge in [-0.15, -0.1) is 11.3 Å². The topological polar surface area (TPSA) is 124 Å². The number of benzene rings is 2. The van der Waals surface area contributed by atoms with Gasteiger partial charge in [0, 0.05) is 18.5 Å². The van der Waals surface area contributed by atoms with Gasteiger partial charge in [0.2, 0.25) is 5.91 Å². The van der Waals surface area contributed by atoms with Crippen molar-refractivity contribution in [2.24, 2.45) is 0 Å². The van der Waals surface area contributed by atoms with Crippen LogP contribution in [-0.4, -0.2) is 47.3 Å². The Bertz CT molecular complexity index is 1170. The van der Waals surface area contributed by atoms with E-state index in [1.165, 1.54) is 31.6 Å². The predicted octanol–water partition coefficient (Wildman–Crippen LogP) is 4.00. The summed E-state index contributed by atoms with van der Waals surface area (Å²) < 4.78 is 10.9. The van der Waals surface area contributed by atoms with E-state index >= 15 is 0 Å². The van der Waals surface area contributed by atoms with Crippen molar-refractivity contribution in [1.82, 2.24) is 9.88 Å². The fourth-order valence-electron chi connectivity index (χ4n) is 2.85. The summed E-state index contributed by atoms with van der Waals surface area (Å²) in [5, 5.41) is 16.4. The zero-order valence-corrected chi connectivity index (χ0v) is 19.2. The highest BCUT2D eigenvalue weighted by molar-refractivity contribution is 7.07. The molecule has 10 nitrogen and oxygen atoms in total. The van der Waals surface area contributed by atoms with E-state index in [1.807, 2.05) is 0 Å². The number of hydrogen-bond acceptors (Lipinski definition) is 8. The number of aromatic nitrogens is 1. The fraction of sp³-hybridized carbons (Fsp3) is 0.190. The summed E-state index contributed by atoms with van der Waals surface area (Å²) in [6.45, 7) is -0.280. The van der Waals surface area contributed by atoms with Crippen molar-refractivity contribution < 1.29 is 24.0 Å². The van der Waals surface area contributed by atoms with Crippen LogP contribution in [0, 0.1) is 10.1 Å². The molecule has 3 aromatic rings. The molecule has 0 bridgehead atoms. The lowest BCUT2D eigenvalue weighted by Gasteiger charge is -2.18. The van der Waals surface area contributed by atoms with Gasteiger partial charge in [-0.25, -0.2) is 4.98 Å². The molecule has 172 valence electrons. The van der Waals surface area contributed by atoms with Crippen LogP contribution in [0.25, 0.3) is 0 Å². The lowest BCUT2D eigenvalue weighted by Crippen LogP contribution is -2.35. The zero-order valence-electron chi connectivity index (χ0n) is 17.6. The highest BCUT2D eigenvalue weighted by Gasteiger charge is 2.28. The second kappa shape index (κ2) is 10.7. The van der Waals surface area contributed by atoms with Crippen molar-refractivity contribution in [3.05, 3.63) is 73.7 Å². The minimum Gasteiger partial charge on any atom is -0.493 e. The summed E-state index contributed by atoms with van der Waals surface area (Å²) >= 11 is 7.41. The van der Waals surface area contributed by atoms with E-state index in [2.05, 4.69) is 10.3 Å². The first kappa shape index (κ1) is 24.0. The van der Waals surface area contributed by atoms with E-state index in [-0.39, 0.29) is 30.2 Å². The number of carbonyl (C=O) groups excluding carboxylic acids is 2. The highest BCUT2D eigenvalue weighted by atomic mass is 35.5. The van der Waals surface area contributed by atoms with Crippen LogP contribution in [0.4, 0.5) is 11.4 Å². The van der Waals surface area contributed by atoms with Crippen LogP contribution in [0.5, 0.6) is 11.5 Å². The van der Waals surface area contributed by atoms with Gasteiger partial charge >= 0.3 is 0 Å². The van der Waals surface area contributed by atoms with E-state index < -0.39 is 22.4 Å². The Kier molecular flexibility index (Phi) is 7.80. The quantitative estimate of drug-likeness (QED) is 0.355. The second-order valence-electron chi connectivity index (χ2n) is 6.74. The predicted molar refractivity (Wildman–Crippen MR) is 123 cm³/mol. The third-order valence-corrected chi connectivity index (χ3v) is 5.41. The summed E-state index contributed by atoms with van der Waals surface area (Å²) in [5.74, 6) is -1.03. The molecule has 2 amide bonds. The molecule has 0 radical (unpaired) electrons.